The number of rotatable bonds is 16. The third-order valence-electron chi connectivity index (χ3n) is 19.1. The number of unbranched alkanes of at least 4 members (excludes halogenated alkanes) is 1. The second kappa shape index (κ2) is 39.5. The van der Waals surface area contributed by atoms with E-state index in [1.807, 2.05) is 84.9 Å². The summed E-state index contributed by atoms with van der Waals surface area (Å²) in [5.74, 6) is -8.88. The van der Waals surface area contributed by atoms with Crippen molar-refractivity contribution in [1.82, 2.24) is 60.5 Å². The lowest BCUT2D eigenvalue weighted by atomic mass is 9.95. The van der Waals surface area contributed by atoms with Crippen LogP contribution in [0.5, 0.6) is 0 Å². The van der Waals surface area contributed by atoms with E-state index >= 15 is 28.8 Å². The van der Waals surface area contributed by atoms with E-state index in [2.05, 4.69) is 43.9 Å². The molecule has 3 aromatic carbocycles. The second-order valence-corrected chi connectivity index (χ2v) is 29.7. The molecule has 2 heterocycles. The van der Waals surface area contributed by atoms with E-state index in [1.54, 1.807) is 48.2 Å². The van der Waals surface area contributed by atoms with Crippen LogP contribution in [0.25, 0.3) is 0 Å². The molecule has 0 unspecified atom stereocenters. The van der Waals surface area contributed by atoms with Crippen molar-refractivity contribution in [2.75, 3.05) is 82.1 Å². The molecule has 0 radical (unpaired) electrons. The van der Waals surface area contributed by atoms with Gasteiger partial charge in [0.05, 0.1) is 26.1 Å². The molecule has 0 spiro atoms. The number of likely N-dealkylation sites (tertiary alicyclic amines) is 1. The standard InChI is InChI=1S/C74H108ClIN12O12/c1-16-18-29-55-70(96)86(14)59(41-52-27-21-20-25-49(52)8)68(94)79-57(36-46(3)4)71(97)87(15)61(73(99)88-34-22-19-23-35-88)42-63(90)84(12)58(37-47(5)6)69(95)80-66(48(7)17-2)74(100)83(11)44-64(91)81(9)45-65(92)85(13)60(40-50-30-32-53(75)33-31-50)72(98)82(10)43-62(89)77-56(67(93)78-55)39-51-26-24-28-54(76)38-51/h20-21,24-28,30-33,38,46-48,55-61,66H,16-19,22-23,29,34-37,39-45H2,1-15H3,(H,77,89)(H,78,93)(H,79,94)(H,80,95)/t48-,55-,56-,57-,58-,59-,60-,61-,66-/m0/s1. The monoisotopic (exact) mass is 1520 g/mol. The summed E-state index contributed by atoms with van der Waals surface area (Å²) in [4.78, 5) is 189. The van der Waals surface area contributed by atoms with E-state index in [1.165, 1.54) is 68.9 Å². The summed E-state index contributed by atoms with van der Waals surface area (Å²) in [6.07, 6.45) is 3.34. The van der Waals surface area contributed by atoms with Crippen LogP contribution in [-0.4, -0.2) is 240 Å². The summed E-state index contributed by atoms with van der Waals surface area (Å²) < 4.78 is 0.843. The molecule has 9 atom stereocenters. The molecule has 2 aliphatic rings. The summed E-state index contributed by atoms with van der Waals surface area (Å²) in [5, 5.41) is 12.1. The average molecular weight is 1520 g/mol. The van der Waals surface area contributed by atoms with E-state index in [0.717, 1.165) is 30.3 Å². The first-order valence-corrected chi connectivity index (χ1v) is 36.4. The summed E-state index contributed by atoms with van der Waals surface area (Å²) in [7, 11) is 9.86. The van der Waals surface area contributed by atoms with Gasteiger partial charge in [0.15, 0.2) is 0 Å². The Labute approximate surface area is 610 Å². The highest BCUT2D eigenvalue weighted by Crippen LogP contribution is 2.24. The minimum Gasteiger partial charge on any atom is -0.343 e. The minimum atomic E-state index is -1.42. The molecule has 3 aromatic rings. The molecule has 26 heteroatoms. The van der Waals surface area contributed by atoms with Gasteiger partial charge in [-0.15, -0.1) is 0 Å². The lowest BCUT2D eigenvalue weighted by molar-refractivity contribution is -0.151. The van der Waals surface area contributed by atoms with Crippen molar-refractivity contribution in [2.45, 2.75) is 187 Å². The summed E-state index contributed by atoms with van der Waals surface area (Å²) in [5.41, 5.74) is 2.80. The van der Waals surface area contributed by atoms with Gasteiger partial charge in [-0.2, -0.15) is 0 Å². The SMILES string of the molecule is CCCC[C@@H]1NC(=O)[C@H](Cc2cccc(I)c2)NC(=O)CN(C)C(=O)[C@H](Cc2ccc(Cl)cc2)N(C)C(=O)CN(C)C(=O)CN(C)C(=O)[C@H]([C@@H](C)CC)NC(=O)[C@H](CC(C)C)N(C)C(=O)C[C@@H](C(=O)N2CCCCC2)N(C)C(=O)[C@H](CC(C)C)NC(=O)[C@H](Cc2ccccc2C)N(C)C1=O. The number of benzene rings is 3. The summed E-state index contributed by atoms with van der Waals surface area (Å²) >= 11 is 8.40. The third-order valence-corrected chi connectivity index (χ3v) is 20.0. The minimum absolute atomic E-state index is 0.0304. The summed E-state index contributed by atoms with van der Waals surface area (Å²) in [6, 6.07) is 11.0. The molecule has 5 rings (SSSR count). The van der Waals surface area contributed by atoms with Crippen molar-refractivity contribution in [1.29, 1.82) is 0 Å². The van der Waals surface area contributed by atoms with Gasteiger partial charge in [-0.1, -0.05) is 128 Å². The van der Waals surface area contributed by atoms with Gasteiger partial charge in [-0.3, -0.25) is 57.5 Å². The Bertz CT molecular complexity index is 3350. The fraction of sp³-hybridized carbons (Fsp3) is 0.595. The van der Waals surface area contributed by atoms with Gasteiger partial charge in [0.2, 0.25) is 70.9 Å². The van der Waals surface area contributed by atoms with Crippen LogP contribution in [0, 0.1) is 28.2 Å². The van der Waals surface area contributed by atoms with Crippen LogP contribution in [0.4, 0.5) is 0 Å². The van der Waals surface area contributed by atoms with E-state index in [0.29, 0.717) is 66.9 Å². The number of hydrogen-bond donors (Lipinski definition) is 4. The molecule has 4 N–H and O–H groups in total. The lowest BCUT2D eigenvalue weighted by Gasteiger charge is -2.38. The molecule has 550 valence electrons. The van der Waals surface area contributed by atoms with Crippen molar-refractivity contribution in [2.24, 2.45) is 17.8 Å². The topological polar surface area (TPSA) is 279 Å². The molecular weight excluding hydrogens is 1410 g/mol. The van der Waals surface area contributed by atoms with Crippen LogP contribution in [0.3, 0.4) is 0 Å². The summed E-state index contributed by atoms with van der Waals surface area (Å²) in [6.45, 7) is 13.9. The molecule has 24 nitrogen and oxygen atoms in total. The molecule has 0 aliphatic carbocycles. The molecule has 2 saturated heterocycles. The number of hydrogen-bond acceptors (Lipinski definition) is 12. The Morgan fingerprint density at radius 3 is 1.74 bits per heavy atom. The number of aryl methyl sites for hydroxylation is 1. The molecule has 0 saturated carbocycles. The van der Waals surface area contributed by atoms with Crippen molar-refractivity contribution >= 4 is 105 Å². The maximum atomic E-state index is 15.4. The van der Waals surface area contributed by atoms with Gasteiger partial charge in [0.1, 0.15) is 48.3 Å². The first-order chi connectivity index (χ1) is 47.2. The zero-order valence-electron chi connectivity index (χ0n) is 61.2. The second-order valence-electron chi connectivity index (χ2n) is 28.0. The van der Waals surface area contributed by atoms with Crippen molar-refractivity contribution in [3.63, 3.8) is 0 Å². The predicted molar refractivity (Wildman–Crippen MR) is 393 cm³/mol. The molecule has 100 heavy (non-hydrogen) atoms. The average Bonchev–Trinajstić information content (AvgIpc) is 0.822. The van der Waals surface area contributed by atoms with Gasteiger partial charge in [-0.25, -0.2) is 0 Å². The number of halogens is 2. The molecule has 12 amide bonds. The fourth-order valence-corrected chi connectivity index (χ4v) is 13.2. The smallest absolute Gasteiger partial charge is 0.245 e. The number of likely N-dealkylation sites (N-methyl/N-ethyl adjacent to an activating group) is 7. The highest BCUT2D eigenvalue weighted by atomic mass is 127. The van der Waals surface area contributed by atoms with Crippen molar-refractivity contribution in [3.8, 4) is 0 Å². The first-order valence-electron chi connectivity index (χ1n) is 35.0. The van der Waals surface area contributed by atoms with Crippen molar-refractivity contribution < 1.29 is 57.5 Å². The number of carbonyl (C=O) groups is 12. The van der Waals surface area contributed by atoms with Crippen LogP contribution >= 0.6 is 34.2 Å². The van der Waals surface area contributed by atoms with E-state index in [9.17, 15) is 28.8 Å². The number of nitrogens with zero attached hydrogens (tertiary/aromatic N) is 8. The number of amides is 12. The quantitative estimate of drug-likeness (QED) is 0.127. The number of carbonyl (C=O) groups excluding carboxylic acids is 12. The van der Waals surface area contributed by atoms with Crippen molar-refractivity contribution in [3.05, 3.63) is 104 Å². The maximum Gasteiger partial charge on any atom is 0.245 e. The zero-order chi connectivity index (χ0) is 74.4. The maximum absolute atomic E-state index is 15.4. The van der Waals surface area contributed by atoms with Gasteiger partial charge >= 0.3 is 0 Å². The Hall–Kier alpha value is -7.68. The van der Waals surface area contributed by atoms with E-state index in [4.69, 9.17) is 11.6 Å². The van der Waals surface area contributed by atoms with Crippen LogP contribution in [0.15, 0.2) is 72.8 Å². The van der Waals surface area contributed by atoms with E-state index < -0.39 is 151 Å². The predicted octanol–water partition coefficient (Wildman–Crippen LogP) is 5.65. The molecule has 0 bridgehead atoms. The van der Waals surface area contributed by atoms with Gasteiger partial charge < -0.3 is 60.5 Å². The zero-order valence-corrected chi connectivity index (χ0v) is 64.2. The van der Waals surface area contributed by atoms with Crippen LogP contribution < -0.4 is 21.3 Å². The van der Waals surface area contributed by atoms with Gasteiger partial charge in [0.25, 0.3) is 0 Å². The Morgan fingerprint density at radius 2 is 1.13 bits per heavy atom. The first kappa shape index (κ1) is 83.0. The van der Waals surface area contributed by atoms with Crippen LogP contribution in [0.2, 0.25) is 5.02 Å². The number of nitrogens with one attached hydrogen (secondary N) is 4. The van der Waals surface area contributed by atoms with E-state index in [-0.39, 0.29) is 50.4 Å². The highest BCUT2D eigenvalue weighted by molar-refractivity contribution is 14.1. The Balaban J connectivity index is 1.67. The highest BCUT2D eigenvalue weighted by Gasteiger charge is 2.42. The largest absolute Gasteiger partial charge is 0.343 e. The van der Waals surface area contributed by atoms with Crippen LogP contribution in [0.1, 0.15) is 135 Å². The molecular formula is C74H108ClIN12O12. The van der Waals surface area contributed by atoms with Gasteiger partial charge in [-0.05, 0) is 132 Å². The Morgan fingerprint density at radius 1 is 0.540 bits per heavy atom. The molecule has 2 aliphatic heterocycles. The lowest BCUT2D eigenvalue weighted by Crippen LogP contribution is -2.61. The van der Waals surface area contributed by atoms with Gasteiger partial charge in [0, 0.05) is 90.3 Å². The Kier molecular flexibility index (Phi) is 32.8. The molecule has 2 fully saturated rings. The van der Waals surface area contributed by atoms with Crippen LogP contribution in [-0.2, 0) is 76.8 Å². The molecule has 0 aromatic heterocycles. The normalized spacial score (nSPS) is 23.4. The third kappa shape index (κ3) is 24.0. The number of piperidine rings is 1. The fourth-order valence-electron chi connectivity index (χ4n) is 12.5.